The minimum absolute atomic E-state index is 0.120. The standard InChI is InChI=1S/C14H24N2O2/c1-13(2,3)18-12(17)16-9-14(4)8-15-6-5-10(14)11(16)7-15/h10-11H,5-9H2,1-4H3. The number of rotatable bonds is 0. The van der Waals surface area contributed by atoms with Gasteiger partial charge in [-0.15, -0.1) is 0 Å². The number of hydrogen-bond acceptors (Lipinski definition) is 3. The molecule has 0 N–H and O–H groups in total. The highest BCUT2D eigenvalue weighted by Gasteiger charge is 2.58. The molecule has 4 heterocycles. The van der Waals surface area contributed by atoms with E-state index in [2.05, 4.69) is 11.8 Å². The molecule has 0 radical (unpaired) electrons. The Morgan fingerprint density at radius 2 is 2.06 bits per heavy atom. The van der Waals surface area contributed by atoms with E-state index in [-0.39, 0.29) is 11.5 Å². The molecule has 0 aromatic carbocycles. The molecule has 0 aromatic rings. The highest BCUT2D eigenvalue weighted by molar-refractivity contribution is 5.69. The molecule has 18 heavy (non-hydrogen) atoms. The molecular formula is C14H24N2O2. The van der Waals surface area contributed by atoms with Gasteiger partial charge in [0.05, 0.1) is 6.04 Å². The van der Waals surface area contributed by atoms with Crippen molar-refractivity contribution in [3.05, 3.63) is 0 Å². The molecule has 0 aromatic heterocycles. The van der Waals surface area contributed by atoms with Crippen LogP contribution in [-0.2, 0) is 4.74 Å². The smallest absolute Gasteiger partial charge is 0.410 e. The average molecular weight is 252 g/mol. The van der Waals surface area contributed by atoms with E-state index in [9.17, 15) is 4.79 Å². The lowest BCUT2D eigenvalue weighted by molar-refractivity contribution is -0.00570. The second-order valence-corrected chi connectivity index (χ2v) is 7.46. The summed E-state index contributed by atoms with van der Waals surface area (Å²) in [5.41, 5.74) is -0.105. The van der Waals surface area contributed by atoms with Gasteiger partial charge in [-0.05, 0) is 39.7 Å². The summed E-state index contributed by atoms with van der Waals surface area (Å²) in [6.45, 7) is 12.4. The van der Waals surface area contributed by atoms with Crippen LogP contribution in [0.15, 0.2) is 0 Å². The number of carbonyl (C=O) groups excluding carboxylic acids is 1. The molecule has 4 rings (SSSR count). The van der Waals surface area contributed by atoms with Gasteiger partial charge in [0.15, 0.2) is 0 Å². The van der Waals surface area contributed by atoms with Crippen molar-refractivity contribution in [1.82, 2.24) is 9.80 Å². The van der Waals surface area contributed by atoms with Gasteiger partial charge >= 0.3 is 6.09 Å². The van der Waals surface area contributed by atoms with Crippen molar-refractivity contribution < 1.29 is 9.53 Å². The van der Waals surface area contributed by atoms with Crippen molar-refractivity contribution in [3.63, 3.8) is 0 Å². The van der Waals surface area contributed by atoms with Gasteiger partial charge in [-0.3, -0.25) is 0 Å². The van der Waals surface area contributed by atoms with Gasteiger partial charge in [0.25, 0.3) is 0 Å². The summed E-state index contributed by atoms with van der Waals surface area (Å²) in [5, 5.41) is 0. The van der Waals surface area contributed by atoms with Crippen LogP contribution in [0.25, 0.3) is 0 Å². The van der Waals surface area contributed by atoms with Crippen LogP contribution in [0.1, 0.15) is 34.1 Å². The minimum Gasteiger partial charge on any atom is -0.444 e. The highest BCUT2D eigenvalue weighted by Crippen LogP contribution is 2.49. The molecule has 4 unspecified atom stereocenters. The third-order valence-electron chi connectivity index (χ3n) is 4.71. The molecule has 4 heteroatoms. The normalized spacial score (nSPS) is 42.2. The molecule has 4 fully saturated rings. The van der Waals surface area contributed by atoms with Crippen molar-refractivity contribution >= 4 is 6.09 Å². The number of fused-ring (bicyclic) bond motifs is 1. The average Bonchev–Trinajstić information content (AvgIpc) is 2.44. The Morgan fingerprint density at radius 3 is 2.61 bits per heavy atom. The first-order valence-electron chi connectivity index (χ1n) is 7.00. The molecule has 4 aliphatic heterocycles. The highest BCUT2D eigenvalue weighted by atomic mass is 16.6. The van der Waals surface area contributed by atoms with E-state index in [0.717, 1.165) is 19.6 Å². The fraction of sp³-hybridized carbons (Fsp3) is 0.929. The molecule has 0 aliphatic carbocycles. The summed E-state index contributed by atoms with van der Waals surface area (Å²) < 4.78 is 5.55. The van der Waals surface area contributed by atoms with Crippen molar-refractivity contribution in [2.75, 3.05) is 26.2 Å². The Kier molecular flexibility index (Phi) is 2.47. The van der Waals surface area contributed by atoms with Gasteiger partial charge in [-0.1, -0.05) is 6.92 Å². The van der Waals surface area contributed by atoms with E-state index in [1.165, 1.54) is 13.0 Å². The van der Waals surface area contributed by atoms with E-state index in [0.29, 0.717) is 12.0 Å². The Morgan fingerprint density at radius 1 is 1.33 bits per heavy atom. The SMILES string of the molecule is CC(C)(C)OC(=O)N1CC2(C)CN3CCC2C1C3. The second kappa shape index (κ2) is 3.62. The van der Waals surface area contributed by atoms with Crippen LogP contribution < -0.4 is 0 Å². The first kappa shape index (κ1) is 12.3. The monoisotopic (exact) mass is 252 g/mol. The maximum Gasteiger partial charge on any atom is 0.410 e. The quantitative estimate of drug-likeness (QED) is 0.660. The van der Waals surface area contributed by atoms with E-state index in [1.807, 2.05) is 25.7 Å². The lowest BCUT2D eigenvalue weighted by Gasteiger charge is -2.49. The lowest BCUT2D eigenvalue weighted by atomic mass is 9.69. The first-order chi connectivity index (χ1) is 8.28. The van der Waals surface area contributed by atoms with Gasteiger partial charge in [0, 0.05) is 25.0 Å². The predicted molar refractivity (Wildman–Crippen MR) is 69.4 cm³/mol. The fourth-order valence-corrected chi connectivity index (χ4v) is 4.09. The molecule has 4 aliphatic rings. The minimum atomic E-state index is -0.395. The first-order valence-corrected chi connectivity index (χ1v) is 7.00. The van der Waals surface area contributed by atoms with E-state index in [4.69, 9.17) is 4.74 Å². The topological polar surface area (TPSA) is 32.8 Å². The third-order valence-corrected chi connectivity index (χ3v) is 4.71. The lowest BCUT2D eigenvalue weighted by Crippen LogP contribution is -2.57. The van der Waals surface area contributed by atoms with Crippen LogP contribution in [-0.4, -0.2) is 53.7 Å². The molecule has 0 spiro atoms. The molecular weight excluding hydrogens is 228 g/mol. The van der Waals surface area contributed by atoms with Gasteiger partial charge in [0.2, 0.25) is 0 Å². The summed E-state index contributed by atoms with van der Waals surface area (Å²) in [4.78, 5) is 16.8. The number of hydrogen-bond donors (Lipinski definition) is 0. The second-order valence-electron chi connectivity index (χ2n) is 7.46. The number of nitrogens with zero attached hydrogens (tertiary/aromatic N) is 2. The zero-order valence-corrected chi connectivity index (χ0v) is 11.9. The van der Waals surface area contributed by atoms with Crippen LogP contribution in [0.4, 0.5) is 4.79 Å². The number of likely N-dealkylation sites (tertiary alicyclic amines) is 1. The van der Waals surface area contributed by atoms with Crippen molar-refractivity contribution in [2.45, 2.75) is 45.8 Å². The summed E-state index contributed by atoms with van der Waals surface area (Å²) in [6.07, 6.45) is 1.12. The van der Waals surface area contributed by atoms with E-state index in [1.54, 1.807) is 0 Å². The molecule has 4 bridgehead atoms. The number of ether oxygens (including phenoxy) is 1. The molecule has 4 nitrogen and oxygen atoms in total. The van der Waals surface area contributed by atoms with Gasteiger partial charge < -0.3 is 14.5 Å². The molecule has 4 atom stereocenters. The summed E-state index contributed by atoms with van der Waals surface area (Å²) in [5.74, 6) is 0.676. The van der Waals surface area contributed by atoms with Gasteiger partial charge in [-0.2, -0.15) is 0 Å². The summed E-state index contributed by atoms with van der Waals surface area (Å²) in [7, 11) is 0. The van der Waals surface area contributed by atoms with Gasteiger partial charge in [-0.25, -0.2) is 4.79 Å². The summed E-state index contributed by atoms with van der Waals surface area (Å²) in [6, 6.07) is 0.382. The molecule has 102 valence electrons. The van der Waals surface area contributed by atoms with Crippen LogP contribution >= 0.6 is 0 Å². The van der Waals surface area contributed by atoms with Crippen LogP contribution in [0.5, 0.6) is 0 Å². The van der Waals surface area contributed by atoms with E-state index >= 15 is 0 Å². The van der Waals surface area contributed by atoms with E-state index < -0.39 is 5.60 Å². The number of piperidine rings is 3. The van der Waals surface area contributed by atoms with Crippen molar-refractivity contribution in [3.8, 4) is 0 Å². The maximum absolute atomic E-state index is 12.3. The molecule has 1 amide bonds. The zero-order valence-electron chi connectivity index (χ0n) is 11.9. The third kappa shape index (κ3) is 1.81. The van der Waals surface area contributed by atoms with Gasteiger partial charge in [0.1, 0.15) is 5.60 Å². The van der Waals surface area contributed by atoms with Crippen LogP contribution in [0, 0.1) is 11.3 Å². The predicted octanol–water partition coefficient (Wildman–Crippen LogP) is 1.95. The Balaban J connectivity index is 1.78. The fourth-order valence-electron chi connectivity index (χ4n) is 4.09. The van der Waals surface area contributed by atoms with Crippen LogP contribution in [0.2, 0.25) is 0 Å². The van der Waals surface area contributed by atoms with Crippen molar-refractivity contribution in [1.29, 1.82) is 0 Å². The zero-order chi connectivity index (χ0) is 13.1. The largest absolute Gasteiger partial charge is 0.444 e. The van der Waals surface area contributed by atoms with Crippen LogP contribution in [0.3, 0.4) is 0 Å². The Bertz CT molecular complexity index is 376. The molecule has 4 saturated heterocycles. The molecule has 0 saturated carbocycles. The Labute approximate surface area is 109 Å². The number of carbonyl (C=O) groups is 1. The number of amides is 1. The maximum atomic E-state index is 12.3. The summed E-state index contributed by atoms with van der Waals surface area (Å²) >= 11 is 0. The Hall–Kier alpha value is -0.770. The van der Waals surface area contributed by atoms with Crippen molar-refractivity contribution in [2.24, 2.45) is 11.3 Å².